The first kappa shape index (κ1) is 13.5. The van der Waals surface area contributed by atoms with Gasteiger partial charge in [0.2, 0.25) is 0 Å². The highest BCUT2D eigenvalue weighted by molar-refractivity contribution is 9.09. The summed E-state index contributed by atoms with van der Waals surface area (Å²) in [5, 5.41) is 1.18. The van der Waals surface area contributed by atoms with Gasteiger partial charge in [-0.1, -0.05) is 36.2 Å². The van der Waals surface area contributed by atoms with Crippen molar-refractivity contribution in [1.82, 2.24) is 4.90 Å². The predicted octanol–water partition coefficient (Wildman–Crippen LogP) is 3.92. The van der Waals surface area contributed by atoms with Crippen molar-refractivity contribution in [3.8, 4) is 0 Å². The molecule has 2 heteroatoms. The van der Waals surface area contributed by atoms with Crippen LogP contribution in [0.5, 0.6) is 0 Å². The second kappa shape index (κ2) is 5.67. The molecule has 1 rings (SSSR count). The summed E-state index contributed by atoms with van der Waals surface area (Å²) in [4.78, 5) is 2.56. The fraction of sp³-hybridized carbons (Fsp3) is 1.00. The third-order valence-corrected chi connectivity index (χ3v) is 5.04. The SMILES string of the molecule is CC(C)CC(C)N(C)CC1(CBr)CCC1. The maximum absolute atomic E-state index is 3.69. The summed E-state index contributed by atoms with van der Waals surface area (Å²) in [5.74, 6) is 0.809. The summed E-state index contributed by atoms with van der Waals surface area (Å²) in [5.41, 5.74) is 0.597. The largest absolute Gasteiger partial charge is 0.303 e. The Bertz CT molecular complexity index is 181. The number of hydrogen-bond donors (Lipinski definition) is 0. The van der Waals surface area contributed by atoms with E-state index in [4.69, 9.17) is 0 Å². The predicted molar refractivity (Wildman–Crippen MR) is 71.6 cm³/mol. The van der Waals surface area contributed by atoms with Crippen molar-refractivity contribution in [2.75, 3.05) is 18.9 Å². The summed E-state index contributed by atoms with van der Waals surface area (Å²) in [6, 6.07) is 0.724. The molecule has 0 aromatic carbocycles. The molecule has 1 aliphatic carbocycles. The molecule has 0 aliphatic heterocycles. The standard InChI is InChI=1S/C13H26BrN/c1-11(2)8-12(3)15(4)10-13(9-14)6-5-7-13/h11-12H,5-10H2,1-4H3. The van der Waals surface area contributed by atoms with E-state index in [0.717, 1.165) is 12.0 Å². The minimum Gasteiger partial charge on any atom is -0.303 e. The summed E-state index contributed by atoms with van der Waals surface area (Å²) in [6.07, 6.45) is 5.57. The van der Waals surface area contributed by atoms with E-state index in [1.165, 1.54) is 37.6 Å². The lowest BCUT2D eigenvalue weighted by molar-refractivity contribution is 0.0807. The first-order chi connectivity index (χ1) is 6.99. The van der Waals surface area contributed by atoms with Gasteiger partial charge in [0.05, 0.1) is 0 Å². The highest BCUT2D eigenvalue weighted by Crippen LogP contribution is 2.43. The normalized spacial score (nSPS) is 21.8. The van der Waals surface area contributed by atoms with Crippen molar-refractivity contribution in [2.45, 2.75) is 52.5 Å². The molecular formula is C13H26BrN. The Labute approximate surface area is 104 Å². The quantitative estimate of drug-likeness (QED) is 0.665. The molecule has 0 heterocycles. The van der Waals surface area contributed by atoms with Crippen LogP contribution < -0.4 is 0 Å². The van der Waals surface area contributed by atoms with Crippen LogP contribution in [0.4, 0.5) is 0 Å². The van der Waals surface area contributed by atoms with Crippen LogP contribution in [0.25, 0.3) is 0 Å². The lowest BCUT2D eigenvalue weighted by atomic mass is 9.70. The highest BCUT2D eigenvalue weighted by atomic mass is 79.9. The van der Waals surface area contributed by atoms with Crippen LogP contribution in [0.1, 0.15) is 46.5 Å². The maximum atomic E-state index is 3.69. The second-order valence-corrected chi connectivity index (χ2v) is 6.44. The van der Waals surface area contributed by atoms with Crippen LogP contribution in [-0.4, -0.2) is 29.9 Å². The smallest absolute Gasteiger partial charge is 0.0100 e. The van der Waals surface area contributed by atoms with E-state index in [2.05, 4.69) is 48.6 Å². The van der Waals surface area contributed by atoms with Crippen molar-refractivity contribution in [3.05, 3.63) is 0 Å². The van der Waals surface area contributed by atoms with Gasteiger partial charge in [-0.2, -0.15) is 0 Å². The van der Waals surface area contributed by atoms with Gasteiger partial charge in [-0.3, -0.25) is 0 Å². The number of halogens is 1. The first-order valence-electron chi connectivity index (χ1n) is 6.25. The Morgan fingerprint density at radius 3 is 2.20 bits per heavy atom. The van der Waals surface area contributed by atoms with E-state index in [-0.39, 0.29) is 0 Å². The molecular weight excluding hydrogens is 250 g/mol. The molecule has 0 N–H and O–H groups in total. The Balaban J connectivity index is 2.36. The molecule has 0 aromatic rings. The molecule has 1 fully saturated rings. The zero-order chi connectivity index (χ0) is 11.5. The Kier molecular flexibility index (Phi) is 5.11. The lowest BCUT2D eigenvalue weighted by Gasteiger charge is -2.44. The van der Waals surface area contributed by atoms with Crippen molar-refractivity contribution in [1.29, 1.82) is 0 Å². The van der Waals surface area contributed by atoms with Crippen LogP contribution in [0.3, 0.4) is 0 Å². The first-order valence-corrected chi connectivity index (χ1v) is 7.37. The van der Waals surface area contributed by atoms with Crippen molar-refractivity contribution >= 4 is 15.9 Å². The molecule has 0 saturated heterocycles. The van der Waals surface area contributed by atoms with Gasteiger partial charge in [-0.25, -0.2) is 0 Å². The molecule has 0 radical (unpaired) electrons. The topological polar surface area (TPSA) is 3.24 Å². The Morgan fingerprint density at radius 2 is 1.87 bits per heavy atom. The summed E-state index contributed by atoms with van der Waals surface area (Å²) in [6.45, 7) is 8.26. The minimum atomic E-state index is 0.597. The zero-order valence-corrected chi connectivity index (χ0v) is 12.3. The third-order valence-electron chi connectivity index (χ3n) is 3.85. The van der Waals surface area contributed by atoms with Crippen molar-refractivity contribution in [2.24, 2.45) is 11.3 Å². The average Bonchev–Trinajstić information content (AvgIpc) is 2.09. The minimum absolute atomic E-state index is 0.597. The second-order valence-electron chi connectivity index (χ2n) is 5.88. The Morgan fingerprint density at radius 1 is 1.27 bits per heavy atom. The van der Waals surface area contributed by atoms with E-state index in [1.807, 2.05) is 0 Å². The molecule has 1 nitrogen and oxygen atoms in total. The molecule has 1 aliphatic rings. The van der Waals surface area contributed by atoms with Crippen LogP contribution >= 0.6 is 15.9 Å². The summed E-state index contributed by atoms with van der Waals surface area (Å²) < 4.78 is 0. The van der Waals surface area contributed by atoms with E-state index in [9.17, 15) is 0 Å². The van der Waals surface area contributed by atoms with Gasteiger partial charge in [-0.15, -0.1) is 0 Å². The summed E-state index contributed by atoms with van der Waals surface area (Å²) in [7, 11) is 2.29. The van der Waals surface area contributed by atoms with Gasteiger partial charge in [0.25, 0.3) is 0 Å². The number of hydrogen-bond acceptors (Lipinski definition) is 1. The van der Waals surface area contributed by atoms with E-state index >= 15 is 0 Å². The van der Waals surface area contributed by atoms with Crippen LogP contribution in [0.2, 0.25) is 0 Å². The van der Waals surface area contributed by atoms with E-state index in [0.29, 0.717) is 5.41 Å². The zero-order valence-electron chi connectivity index (χ0n) is 10.7. The van der Waals surface area contributed by atoms with Gasteiger partial charge in [0, 0.05) is 17.9 Å². The van der Waals surface area contributed by atoms with Gasteiger partial charge < -0.3 is 4.90 Å². The summed E-state index contributed by atoms with van der Waals surface area (Å²) >= 11 is 3.69. The van der Waals surface area contributed by atoms with Crippen LogP contribution in [-0.2, 0) is 0 Å². The molecule has 15 heavy (non-hydrogen) atoms. The third kappa shape index (κ3) is 3.74. The Hall–Kier alpha value is 0.440. The van der Waals surface area contributed by atoms with E-state index < -0.39 is 0 Å². The van der Waals surface area contributed by atoms with Gasteiger partial charge >= 0.3 is 0 Å². The number of alkyl halides is 1. The number of nitrogens with zero attached hydrogens (tertiary/aromatic N) is 1. The molecule has 90 valence electrons. The fourth-order valence-electron chi connectivity index (χ4n) is 2.56. The van der Waals surface area contributed by atoms with Crippen molar-refractivity contribution in [3.63, 3.8) is 0 Å². The van der Waals surface area contributed by atoms with Crippen LogP contribution in [0, 0.1) is 11.3 Å². The maximum Gasteiger partial charge on any atom is 0.0100 e. The molecule has 0 aromatic heterocycles. The number of rotatable bonds is 6. The van der Waals surface area contributed by atoms with Gasteiger partial charge in [0.15, 0.2) is 0 Å². The molecule has 0 spiro atoms. The molecule has 1 atom stereocenters. The molecule has 0 bridgehead atoms. The van der Waals surface area contributed by atoms with Crippen molar-refractivity contribution < 1.29 is 0 Å². The highest BCUT2D eigenvalue weighted by Gasteiger charge is 2.37. The molecule has 0 amide bonds. The lowest BCUT2D eigenvalue weighted by Crippen LogP contribution is -2.45. The fourth-order valence-corrected chi connectivity index (χ4v) is 3.30. The van der Waals surface area contributed by atoms with E-state index in [1.54, 1.807) is 0 Å². The molecule has 1 unspecified atom stereocenters. The monoisotopic (exact) mass is 275 g/mol. The van der Waals surface area contributed by atoms with Gasteiger partial charge in [-0.05, 0) is 44.6 Å². The van der Waals surface area contributed by atoms with Crippen LogP contribution in [0.15, 0.2) is 0 Å². The van der Waals surface area contributed by atoms with Gasteiger partial charge in [0.1, 0.15) is 0 Å². The molecule has 1 saturated carbocycles. The average molecular weight is 276 g/mol.